The first-order valence-electron chi connectivity index (χ1n) is 5.01. The molecule has 0 radical (unpaired) electrons. The third-order valence-electron chi connectivity index (χ3n) is 2.93. The number of carbonyl (C=O) groups is 1. The molecule has 1 N–H and O–H groups in total. The molecule has 14 heavy (non-hydrogen) atoms. The molecule has 1 aliphatic rings. The second-order valence-corrected chi connectivity index (χ2v) is 4.01. The highest BCUT2D eigenvalue weighted by Crippen LogP contribution is 2.28. The largest absolute Gasteiger partial charge is 0.355 e. The number of benzene rings is 1. The van der Waals surface area contributed by atoms with Crippen molar-refractivity contribution in [2.24, 2.45) is 0 Å². The van der Waals surface area contributed by atoms with Gasteiger partial charge < -0.3 is 5.32 Å². The molecule has 0 aliphatic carbocycles. The molecule has 1 aliphatic heterocycles. The van der Waals surface area contributed by atoms with Crippen LogP contribution in [0.3, 0.4) is 0 Å². The van der Waals surface area contributed by atoms with Crippen molar-refractivity contribution < 1.29 is 4.79 Å². The van der Waals surface area contributed by atoms with Gasteiger partial charge in [0, 0.05) is 18.9 Å². The lowest BCUT2D eigenvalue weighted by Crippen LogP contribution is -2.13. The summed E-state index contributed by atoms with van der Waals surface area (Å²) in [5, 5.41) is 2.88. The molecule has 1 aromatic carbocycles. The molecule has 2 rings (SSSR count). The minimum Gasteiger partial charge on any atom is -0.355 e. The third-order valence-corrected chi connectivity index (χ3v) is 2.93. The monoisotopic (exact) mass is 189 g/mol. The Balaban J connectivity index is 2.36. The van der Waals surface area contributed by atoms with Crippen LogP contribution in [0.15, 0.2) is 18.2 Å². The lowest BCUT2D eigenvalue weighted by molar-refractivity contribution is -0.119. The average molecular weight is 189 g/mol. The van der Waals surface area contributed by atoms with Crippen molar-refractivity contribution in [3.63, 3.8) is 0 Å². The minimum absolute atomic E-state index is 0.178. The SMILES string of the molecule is Cc1cccc(C)c1C1CNC(=O)C1. The van der Waals surface area contributed by atoms with Gasteiger partial charge in [-0.2, -0.15) is 0 Å². The van der Waals surface area contributed by atoms with Gasteiger partial charge in [-0.25, -0.2) is 0 Å². The average Bonchev–Trinajstić information content (AvgIpc) is 2.51. The van der Waals surface area contributed by atoms with Crippen LogP contribution in [0.2, 0.25) is 0 Å². The molecule has 1 amide bonds. The van der Waals surface area contributed by atoms with Crippen LogP contribution >= 0.6 is 0 Å². The van der Waals surface area contributed by atoms with Gasteiger partial charge in [0.05, 0.1) is 0 Å². The van der Waals surface area contributed by atoms with Crippen molar-refractivity contribution in [2.75, 3.05) is 6.54 Å². The van der Waals surface area contributed by atoms with Gasteiger partial charge in [0.2, 0.25) is 5.91 Å². The molecule has 1 atom stereocenters. The quantitative estimate of drug-likeness (QED) is 0.718. The van der Waals surface area contributed by atoms with E-state index in [1.807, 2.05) is 0 Å². The molecule has 2 heteroatoms. The Bertz CT molecular complexity index is 350. The molecule has 74 valence electrons. The van der Waals surface area contributed by atoms with Gasteiger partial charge >= 0.3 is 0 Å². The number of amides is 1. The number of hydrogen-bond donors (Lipinski definition) is 1. The van der Waals surface area contributed by atoms with Crippen LogP contribution in [-0.4, -0.2) is 12.5 Å². The van der Waals surface area contributed by atoms with E-state index in [-0.39, 0.29) is 5.91 Å². The van der Waals surface area contributed by atoms with E-state index in [1.54, 1.807) is 0 Å². The molecule has 2 nitrogen and oxygen atoms in total. The normalized spacial score (nSPS) is 21.0. The van der Waals surface area contributed by atoms with E-state index in [0.29, 0.717) is 12.3 Å². The zero-order valence-corrected chi connectivity index (χ0v) is 8.63. The number of aryl methyl sites for hydroxylation is 2. The van der Waals surface area contributed by atoms with E-state index in [1.165, 1.54) is 16.7 Å². The van der Waals surface area contributed by atoms with E-state index in [9.17, 15) is 4.79 Å². The van der Waals surface area contributed by atoms with E-state index in [4.69, 9.17) is 0 Å². The molecule has 0 bridgehead atoms. The Kier molecular flexibility index (Phi) is 2.28. The van der Waals surface area contributed by atoms with Gasteiger partial charge in [0.25, 0.3) is 0 Å². The first kappa shape index (κ1) is 9.25. The predicted octanol–water partition coefficient (Wildman–Crippen LogP) is 1.91. The van der Waals surface area contributed by atoms with E-state index >= 15 is 0 Å². The van der Waals surface area contributed by atoms with Crippen molar-refractivity contribution in [1.29, 1.82) is 0 Å². The van der Waals surface area contributed by atoms with Gasteiger partial charge in [-0.3, -0.25) is 4.79 Å². The fourth-order valence-electron chi connectivity index (χ4n) is 2.28. The van der Waals surface area contributed by atoms with Gasteiger partial charge in [0.15, 0.2) is 0 Å². The van der Waals surface area contributed by atoms with Gasteiger partial charge in [0.1, 0.15) is 0 Å². The zero-order valence-electron chi connectivity index (χ0n) is 8.63. The summed E-state index contributed by atoms with van der Waals surface area (Å²) < 4.78 is 0. The second-order valence-electron chi connectivity index (χ2n) is 4.01. The standard InChI is InChI=1S/C12H15NO/c1-8-4-3-5-9(2)12(8)10-6-11(14)13-7-10/h3-5,10H,6-7H2,1-2H3,(H,13,14). The topological polar surface area (TPSA) is 29.1 Å². The van der Waals surface area contributed by atoms with Gasteiger partial charge in [-0.15, -0.1) is 0 Å². The summed E-state index contributed by atoms with van der Waals surface area (Å²) in [4.78, 5) is 11.1. The Morgan fingerprint density at radius 3 is 2.43 bits per heavy atom. The Hall–Kier alpha value is -1.31. The van der Waals surface area contributed by atoms with Crippen LogP contribution in [0.5, 0.6) is 0 Å². The van der Waals surface area contributed by atoms with Crippen molar-refractivity contribution >= 4 is 5.91 Å². The van der Waals surface area contributed by atoms with Crippen molar-refractivity contribution in [1.82, 2.24) is 5.32 Å². The summed E-state index contributed by atoms with van der Waals surface area (Å²) in [7, 11) is 0. The molecule has 0 spiro atoms. The molecule has 0 saturated carbocycles. The smallest absolute Gasteiger partial charge is 0.220 e. The van der Waals surface area contributed by atoms with Gasteiger partial charge in [-0.1, -0.05) is 18.2 Å². The van der Waals surface area contributed by atoms with Crippen LogP contribution in [0.4, 0.5) is 0 Å². The van der Waals surface area contributed by atoms with Crippen LogP contribution in [0.1, 0.15) is 29.0 Å². The first-order valence-corrected chi connectivity index (χ1v) is 5.01. The highest BCUT2D eigenvalue weighted by atomic mass is 16.1. The van der Waals surface area contributed by atoms with Gasteiger partial charge in [-0.05, 0) is 30.5 Å². The Morgan fingerprint density at radius 2 is 1.93 bits per heavy atom. The molecular formula is C12H15NO. The summed E-state index contributed by atoms with van der Waals surface area (Å²) in [6.45, 7) is 5.03. The highest BCUT2D eigenvalue weighted by molar-refractivity contribution is 5.79. The molecule has 1 heterocycles. The minimum atomic E-state index is 0.178. The number of carbonyl (C=O) groups excluding carboxylic acids is 1. The summed E-state index contributed by atoms with van der Waals surface area (Å²) in [5.41, 5.74) is 3.95. The zero-order chi connectivity index (χ0) is 10.1. The van der Waals surface area contributed by atoms with E-state index in [0.717, 1.165) is 6.54 Å². The van der Waals surface area contributed by atoms with Crippen molar-refractivity contribution in [3.8, 4) is 0 Å². The van der Waals surface area contributed by atoms with Crippen LogP contribution < -0.4 is 5.32 Å². The highest BCUT2D eigenvalue weighted by Gasteiger charge is 2.25. The molecular weight excluding hydrogens is 174 g/mol. The first-order chi connectivity index (χ1) is 6.68. The summed E-state index contributed by atoms with van der Waals surface area (Å²) in [6, 6.07) is 6.30. The third kappa shape index (κ3) is 1.52. The van der Waals surface area contributed by atoms with Crippen molar-refractivity contribution in [2.45, 2.75) is 26.2 Å². The Labute approximate surface area is 84.3 Å². The summed E-state index contributed by atoms with van der Waals surface area (Å²) in [5.74, 6) is 0.557. The predicted molar refractivity (Wildman–Crippen MR) is 56.3 cm³/mol. The van der Waals surface area contributed by atoms with Crippen LogP contribution in [-0.2, 0) is 4.79 Å². The van der Waals surface area contributed by atoms with Crippen molar-refractivity contribution in [3.05, 3.63) is 34.9 Å². The van der Waals surface area contributed by atoms with Crippen LogP contribution in [0.25, 0.3) is 0 Å². The summed E-state index contributed by atoms with van der Waals surface area (Å²) in [6.07, 6.45) is 0.645. The molecule has 0 aromatic heterocycles. The van der Waals surface area contributed by atoms with Crippen LogP contribution in [0, 0.1) is 13.8 Å². The number of nitrogens with one attached hydrogen (secondary N) is 1. The fourth-order valence-corrected chi connectivity index (χ4v) is 2.28. The maximum atomic E-state index is 11.1. The second kappa shape index (κ2) is 3.45. The molecule has 1 unspecified atom stereocenters. The lowest BCUT2D eigenvalue weighted by atomic mass is 9.90. The molecule has 1 fully saturated rings. The maximum absolute atomic E-state index is 11.1. The lowest BCUT2D eigenvalue weighted by Gasteiger charge is -2.14. The molecule has 1 aromatic rings. The Morgan fingerprint density at radius 1 is 1.29 bits per heavy atom. The number of rotatable bonds is 1. The van der Waals surface area contributed by atoms with E-state index in [2.05, 4.69) is 37.4 Å². The maximum Gasteiger partial charge on any atom is 0.220 e. The fraction of sp³-hybridized carbons (Fsp3) is 0.417. The number of hydrogen-bond acceptors (Lipinski definition) is 1. The van der Waals surface area contributed by atoms with E-state index < -0.39 is 0 Å². The molecule has 1 saturated heterocycles. The summed E-state index contributed by atoms with van der Waals surface area (Å²) >= 11 is 0.